The third-order valence-electron chi connectivity index (χ3n) is 4.12. The van der Waals surface area contributed by atoms with Gasteiger partial charge in [0.2, 0.25) is 5.91 Å². The summed E-state index contributed by atoms with van der Waals surface area (Å²) in [6, 6.07) is 6.97. The maximum absolute atomic E-state index is 11.8. The Morgan fingerprint density at radius 2 is 2.16 bits per heavy atom. The van der Waals surface area contributed by atoms with Gasteiger partial charge in [-0.3, -0.25) is 4.79 Å². The number of carbonyl (C=O) groups excluding carboxylic acids is 1. The number of aryl methyl sites for hydroxylation is 1. The SMILES string of the molecule is O=C1NCCCC1NC1CCc2cc(Br)ccc2C1. The molecule has 2 atom stereocenters. The fraction of sp³-hybridized carbons (Fsp3) is 0.533. The van der Waals surface area contributed by atoms with Gasteiger partial charge in [0.1, 0.15) is 0 Å². The molecule has 0 saturated carbocycles. The van der Waals surface area contributed by atoms with Crippen molar-refractivity contribution < 1.29 is 4.79 Å². The largest absolute Gasteiger partial charge is 0.355 e. The van der Waals surface area contributed by atoms with Crippen molar-refractivity contribution >= 4 is 21.8 Å². The molecule has 1 aliphatic heterocycles. The number of hydrogen-bond acceptors (Lipinski definition) is 2. The fourth-order valence-electron chi connectivity index (χ4n) is 3.08. The smallest absolute Gasteiger partial charge is 0.237 e. The van der Waals surface area contributed by atoms with Gasteiger partial charge in [-0.1, -0.05) is 22.0 Å². The highest BCUT2D eigenvalue weighted by molar-refractivity contribution is 9.10. The number of nitrogens with one attached hydrogen (secondary N) is 2. The summed E-state index contributed by atoms with van der Waals surface area (Å²) >= 11 is 3.52. The number of benzene rings is 1. The van der Waals surface area contributed by atoms with Gasteiger partial charge in [-0.2, -0.15) is 0 Å². The molecule has 2 aliphatic rings. The maximum Gasteiger partial charge on any atom is 0.237 e. The van der Waals surface area contributed by atoms with Gasteiger partial charge in [0.25, 0.3) is 0 Å². The van der Waals surface area contributed by atoms with E-state index < -0.39 is 0 Å². The van der Waals surface area contributed by atoms with Crippen LogP contribution >= 0.6 is 15.9 Å². The molecule has 0 bridgehead atoms. The van der Waals surface area contributed by atoms with Gasteiger partial charge in [0.15, 0.2) is 0 Å². The van der Waals surface area contributed by atoms with E-state index in [1.54, 1.807) is 0 Å². The molecule has 1 aliphatic carbocycles. The van der Waals surface area contributed by atoms with E-state index in [-0.39, 0.29) is 11.9 Å². The molecular weight excluding hydrogens is 304 g/mol. The second-order valence-electron chi connectivity index (χ2n) is 5.51. The van der Waals surface area contributed by atoms with Crippen molar-refractivity contribution in [2.75, 3.05) is 6.54 Å². The monoisotopic (exact) mass is 322 g/mol. The Morgan fingerprint density at radius 3 is 3.00 bits per heavy atom. The summed E-state index contributed by atoms with van der Waals surface area (Å²) in [5.41, 5.74) is 2.86. The molecular formula is C15H19BrN2O. The zero-order valence-corrected chi connectivity index (χ0v) is 12.5. The second kappa shape index (κ2) is 5.63. The summed E-state index contributed by atoms with van der Waals surface area (Å²) in [7, 11) is 0. The van der Waals surface area contributed by atoms with Crippen LogP contribution in [0.15, 0.2) is 22.7 Å². The molecule has 102 valence electrons. The molecule has 1 aromatic rings. The van der Waals surface area contributed by atoms with Gasteiger partial charge < -0.3 is 10.6 Å². The van der Waals surface area contributed by atoms with Crippen molar-refractivity contribution in [3.63, 3.8) is 0 Å². The fourth-order valence-corrected chi connectivity index (χ4v) is 3.49. The Morgan fingerprint density at radius 1 is 1.26 bits per heavy atom. The molecule has 2 N–H and O–H groups in total. The van der Waals surface area contributed by atoms with Crippen LogP contribution in [-0.2, 0) is 17.6 Å². The van der Waals surface area contributed by atoms with Crippen LogP contribution in [0.4, 0.5) is 0 Å². The van der Waals surface area contributed by atoms with Crippen molar-refractivity contribution in [1.29, 1.82) is 0 Å². The molecule has 1 heterocycles. The lowest BCUT2D eigenvalue weighted by atomic mass is 9.87. The first-order valence-corrected chi connectivity index (χ1v) is 7.83. The molecule has 0 aromatic heterocycles. The minimum Gasteiger partial charge on any atom is -0.355 e. The first-order valence-electron chi connectivity index (χ1n) is 7.03. The van der Waals surface area contributed by atoms with Crippen LogP contribution < -0.4 is 10.6 Å². The maximum atomic E-state index is 11.8. The van der Waals surface area contributed by atoms with Crippen LogP contribution in [-0.4, -0.2) is 24.5 Å². The first-order chi connectivity index (χ1) is 9.22. The summed E-state index contributed by atoms with van der Waals surface area (Å²) in [6.07, 6.45) is 5.30. The third-order valence-corrected chi connectivity index (χ3v) is 4.61. The van der Waals surface area contributed by atoms with Crippen LogP contribution in [0.25, 0.3) is 0 Å². The molecule has 3 nitrogen and oxygen atoms in total. The van der Waals surface area contributed by atoms with Crippen molar-refractivity contribution in [2.45, 2.75) is 44.2 Å². The number of piperidine rings is 1. The number of carbonyl (C=O) groups is 1. The normalized spacial score (nSPS) is 26.7. The van der Waals surface area contributed by atoms with E-state index in [9.17, 15) is 4.79 Å². The van der Waals surface area contributed by atoms with E-state index in [2.05, 4.69) is 44.8 Å². The Kier molecular flexibility index (Phi) is 3.89. The van der Waals surface area contributed by atoms with E-state index in [1.165, 1.54) is 11.1 Å². The predicted octanol–water partition coefficient (Wildman–Crippen LogP) is 2.17. The molecule has 0 radical (unpaired) electrons. The van der Waals surface area contributed by atoms with Gasteiger partial charge in [-0.15, -0.1) is 0 Å². The summed E-state index contributed by atoms with van der Waals surface area (Å²) in [5, 5.41) is 6.48. The van der Waals surface area contributed by atoms with Crippen molar-refractivity contribution in [2.24, 2.45) is 0 Å². The van der Waals surface area contributed by atoms with Crippen LogP contribution in [0.1, 0.15) is 30.4 Å². The lowest BCUT2D eigenvalue weighted by Gasteiger charge is -2.31. The summed E-state index contributed by atoms with van der Waals surface area (Å²) < 4.78 is 1.16. The summed E-state index contributed by atoms with van der Waals surface area (Å²) in [5.74, 6) is 0.174. The molecule has 2 unspecified atom stereocenters. The quantitative estimate of drug-likeness (QED) is 0.876. The van der Waals surface area contributed by atoms with Crippen molar-refractivity contribution in [1.82, 2.24) is 10.6 Å². The van der Waals surface area contributed by atoms with E-state index in [4.69, 9.17) is 0 Å². The zero-order chi connectivity index (χ0) is 13.2. The highest BCUT2D eigenvalue weighted by atomic mass is 79.9. The van der Waals surface area contributed by atoms with Crippen molar-refractivity contribution in [3.05, 3.63) is 33.8 Å². The summed E-state index contributed by atoms with van der Waals surface area (Å²) in [4.78, 5) is 11.8. The van der Waals surface area contributed by atoms with Gasteiger partial charge in [0, 0.05) is 17.1 Å². The Labute approximate surface area is 122 Å². The van der Waals surface area contributed by atoms with Gasteiger partial charge in [-0.05, 0) is 55.4 Å². The van der Waals surface area contributed by atoms with E-state index in [1.807, 2.05) is 0 Å². The molecule has 4 heteroatoms. The Hall–Kier alpha value is -0.870. The molecule has 0 spiro atoms. The van der Waals surface area contributed by atoms with Crippen molar-refractivity contribution in [3.8, 4) is 0 Å². The molecule has 3 rings (SSSR count). The molecule has 1 fully saturated rings. The average molecular weight is 323 g/mol. The topological polar surface area (TPSA) is 41.1 Å². The van der Waals surface area contributed by atoms with E-state index in [0.717, 1.165) is 43.1 Å². The van der Waals surface area contributed by atoms with Gasteiger partial charge in [0.05, 0.1) is 6.04 Å². The van der Waals surface area contributed by atoms with Crippen LogP contribution in [0.3, 0.4) is 0 Å². The van der Waals surface area contributed by atoms with E-state index in [0.29, 0.717) is 6.04 Å². The highest BCUT2D eigenvalue weighted by Crippen LogP contribution is 2.25. The number of amides is 1. The van der Waals surface area contributed by atoms with Gasteiger partial charge >= 0.3 is 0 Å². The number of fused-ring (bicyclic) bond motifs is 1. The second-order valence-corrected chi connectivity index (χ2v) is 6.42. The third kappa shape index (κ3) is 3.00. The predicted molar refractivity (Wildman–Crippen MR) is 79.1 cm³/mol. The van der Waals surface area contributed by atoms with Crippen LogP contribution in [0.2, 0.25) is 0 Å². The molecule has 1 aromatic carbocycles. The first kappa shape index (κ1) is 13.1. The standard InChI is InChI=1S/C15H19BrN2O/c16-12-5-3-11-9-13(6-4-10(11)8-12)18-14-2-1-7-17-15(14)19/h3,5,8,13-14,18H,1-2,4,6-7,9H2,(H,17,19). The minimum atomic E-state index is 0.00995. The number of halogens is 1. The lowest BCUT2D eigenvalue weighted by molar-refractivity contribution is -0.124. The Balaban J connectivity index is 1.65. The highest BCUT2D eigenvalue weighted by Gasteiger charge is 2.26. The Bertz CT molecular complexity index is 489. The van der Waals surface area contributed by atoms with Crippen LogP contribution in [0, 0.1) is 0 Å². The average Bonchev–Trinajstić information content (AvgIpc) is 2.41. The zero-order valence-electron chi connectivity index (χ0n) is 10.9. The molecule has 19 heavy (non-hydrogen) atoms. The lowest BCUT2D eigenvalue weighted by Crippen LogP contribution is -2.52. The van der Waals surface area contributed by atoms with Gasteiger partial charge in [-0.25, -0.2) is 0 Å². The number of hydrogen-bond donors (Lipinski definition) is 2. The van der Waals surface area contributed by atoms with Crippen LogP contribution in [0.5, 0.6) is 0 Å². The molecule has 1 saturated heterocycles. The minimum absolute atomic E-state index is 0.00995. The molecule has 1 amide bonds. The number of rotatable bonds is 2. The summed E-state index contributed by atoms with van der Waals surface area (Å²) in [6.45, 7) is 0.832. The van der Waals surface area contributed by atoms with E-state index >= 15 is 0 Å².